The van der Waals surface area contributed by atoms with E-state index in [0.29, 0.717) is 29.2 Å². The summed E-state index contributed by atoms with van der Waals surface area (Å²) in [6, 6.07) is 11.9. The number of hydrogen-bond donors (Lipinski definition) is 0. The van der Waals surface area contributed by atoms with E-state index in [-0.39, 0.29) is 18.0 Å². The molecule has 27 heavy (non-hydrogen) atoms. The van der Waals surface area contributed by atoms with Crippen molar-refractivity contribution in [1.29, 1.82) is 0 Å². The van der Waals surface area contributed by atoms with E-state index >= 15 is 0 Å². The summed E-state index contributed by atoms with van der Waals surface area (Å²) in [5.41, 5.74) is 0.432. The molecular weight excluding hydrogens is 364 g/mol. The SMILES string of the molecule is COc1ncccc1C(=O)N1C2CCC1CC(S(=O)(=O)c1ccccc1)C2. The maximum Gasteiger partial charge on any atom is 0.259 e. The number of piperidine rings is 1. The summed E-state index contributed by atoms with van der Waals surface area (Å²) in [7, 11) is -1.90. The Morgan fingerprint density at radius 2 is 1.74 bits per heavy atom. The highest BCUT2D eigenvalue weighted by atomic mass is 32.2. The van der Waals surface area contributed by atoms with E-state index < -0.39 is 15.1 Å². The van der Waals surface area contributed by atoms with Crippen molar-refractivity contribution in [2.24, 2.45) is 0 Å². The average Bonchev–Trinajstić information content (AvgIpc) is 2.96. The number of rotatable bonds is 4. The number of aromatic nitrogens is 1. The van der Waals surface area contributed by atoms with E-state index in [0.717, 1.165) is 12.8 Å². The molecule has 142 valence electrons. The highest BCUT2D eigenvalue weighted by molar-refractivity contribution is 7.92. The zero-order valence-electron chi connectivity index (χ0n) is 15.1. The monoisotopic (exact) mass is 386 g/mol. The molecule has 2 fully saturated rings. The van der Waals surface area contributed by atoms with Crippen molar-refractivity contribution in [3.8, 4) is 5.88 Å². The molecule has 2 aliphatic rings. The fourth-order valence-electron chi connectivity index (χ4n) is 4.37. The van der Waals surface area contributed by atoms with Crippen LogP contribution in [0.1, 0.15) is 36.0 Å². The number of carbonyl (C=O) groups is 1. The minimum atomic E-state index is -3.39. The van der Waals surface area contributed by atoms with Gasteiger partial charge < -0.3 is 9.64 Å². The lowest BCUT2D eigenvalue weighted by molar-refractivity contribution is 0.0594. The van der Waals surface area contributed by atoms with Crippen molar-refractivity contribution in [3.05, 3.63) is 54.2 Å². The Hall–Kier alpha value is -2.41. The third-order valence-electron chi connectivity index (χ3n) is 5.63. The van der Waals surface area contributed by atoms with E-state index in [2.05, 4.69) is 4.98 Å². The number of benzene rings is 1. The molecule has 2 aromatic rings. The maximum atomic E-state index is 13.1. The van der Waals surface area contributed by atoms with Crippen molar-refractivity contribution in [2.45, 2.75) is 47.9 Å². The Morgan fingerprint density at radius 3 is 2.37 bits per heavy atom. The first kappa shape index (κ1) is 18.0. The second-order valence-electron chi connectivity index (χ2n) is 7.11. The van der Waals surface area contributed by atoms with Gasteiger partial charge in [0.25, 0.3) is 5.91 Å². The van der Waals surface area contributed by atoms with Crippen LogP contribution in [0.3, 0.4) is 0 Å². The number of sulfone groups is 1. The topological polar surface area (TPSA) is 76.6 Å². The summed E-state index contributed by atoms with van der Waals surface area (Å²) in [6.07, 6.45) is 4.20. The fourth-order valence-corrected chi connectivity index (χ4v) is 6.24. The van der Waals surface area contributed by atoms with Crippen molar-refractivity contribution >= 4 is 15.7 Å². The van der Waals surface area contributed by atoms with Gasteiger partial charge in [-0.3, -0.25) is 4.79 Å². The largest absolute Gasteiger partial charge is 0.480 e. The van der Waals surface area contributed by atoms with Gasteiger partial charge in [0.05, 0.1) is 17.3 Å². The van der Waals surface area contributed by atoms with Gasteiger partial charge in [0.2, 0.25) is 5.88 Å². The molecule has 0 spiro atoms. The minimum Gasteiger partial charge on any atom is -0.480 e. The van der Waals surface area contributed by atoms with Crippen LogP contribution in [-0.4, -0.2) is 48.7 Å². The zero-order valence-corrected chi connectivity index (χ0v) is 15.9. The van der Waals surface area contributed by atoms with Gasteiger partial charge in [-0.05, 0) is 49.9 Å². The molecule has 4 rings (SSSR count). The number of fused-ring (bicyclic) bond motifs is 2. The van der Waals surface area contributed by atoms with Crippen LogP contribution in [0.2, 0.25) is 0 Å². The normalized spacial score (nSPS) is 24.6. The molecule has 1 amide bonds. The lowest BCUT2D eigenvalue weighted by Gasteiger charge is -2.38. The fraction of sp³-hybridized carbons (Fsp3) is 0.400. The number of hydrogen-bond acceptors (Lipinski definition) is 5. The molecule has 1 aromatic heterocycles. The van der Waals surface area contributed by atoms with Gasteiger partial charge in [-0.2, -0.15) is 0 Å². The summed E-state index contributed by atoms with van der Waals surface area (Å²) >= 11 is 0. The first-order valence-electron chi connectivity index (χ1n) is 9.13. The number of amides is 1. The summed E-state index contributed by atoms with van der Waals surface area (Å²) in [5.74, 6) is 0.184. The van der Waals surface area contributed by atoms with E-state index in [9.17, 15) is 13.2 Å². The van der Waals surface area contributed by atoms with Crippen molar-refractivity contribution in [2.75, 3.05) is 7.11 Å². The van der Waals surface area contributed by atoms with Crippen LogP contribution >= 0.6 is 0 Å². The standard InChI is InChI=1S/C20H22N2O4S/c1-26-19-18(8-5-11-21-19)20(23)22-14-9-10-15(22)13-17(12-14)27(24,25)16-6-3-2-4-7-16/h2-8,11,14-15,17H,9-10,12-13H2,1H3. The van der Waals surface area contributed by atoms with Crippen LogP contribution < -0.4 is 4.74 Å². The summed E-state index contributed by atoms with van der Waals surface area (Å²) < 4.78 is 31.3. The van der Waals surface area contributed by atoms with Crippen molar-refractivity contribution in [3.63, 3.8) is 0 Å². The van der Waals surface area contributed by atoms with Crippen LogP contribution in [0, 0.1) is 0 Å². The summed E-state index contributed by atoms with van der Waals surface area (Å²) in [6.45, 7) is 0. The van der Waals surface area contributed by atoms with E-state index in [1.54, 1.807) is 42.6 Å². The number of carbonyl (C=O) groups excluding carboxylic acids is 1. The van der Waals surface area contributed by atoms with Gasteiger partial charge in [-0.15, -0.1) is 0 Å². The molecule has 2 bridgehead atoms. The molecule has 3 heterocycles. The van der Waals surface area contributed by atoms with Gasteiger partial charge in [0.1, 0.15) is 5.56 Å². The number of pyridine rings is 1. The van der Waals surface area contributed by atoms with Crippen LogP contribution in [0.4, 0.5) is 0 Å². The molecule has 0 saturated carbocycles. The molecule has 6 nitrogen and oxygen atoms in total. The lowest BCUT2D eigenvalue weighted by Crippen LogP contribution is -2.49. The Bertz CT molecular complexity index is 931. The molecule has 0 aliphatic carbocycles. The molecule has 2 unspecified atom stereocenters. The van der Waals surface area contributed by atoms with Gasteiger partial charge in [0.15, 0.2) is 9.84 Å². The molecule has 2 aliphatic heterocycles. The summed E-state index contributed by atoms with van der Waals surface area (Å²) in [4.78, 5) is 19.5. The van der Waals surface area contributed by atoms with Gasteiger partial charge in [-0.1, -0.05) is 18.2 Å². The van der Waals surface area contributed by atoms with Crippen LogP contribution in [0.25, 0.3) is 0 Å². The Kier molecular flexibility index (Phi) is 4.63. The minimum absolute atomic E-state index is 0.0651. The quantitative estimate of drug-likeness (QED) is 0.807. The van der Waals surface area contributed by atoms with E-state index in [1.807, 2.05) is 11.0 Å². The Labute approximate surface area is 159 Å². The number of nitrogens with zero attached hydrogens (tertiary/aromatic N) is 2. The first-order chi connectivity index (χ1) is 13.0. The van der Waals surface area contributed by atoms with E-state index in [4.69, 9.17) is 4.74 Å². The third-order valence-corrected chi connectivity index (χ3v) is 7.82. The molecule has 7 heteroatoms. The van der Waals surface area contributed by atoms with Gasteiger partial charge in [-0.25, -0.2) is 13.4 Å². The van der Waals surface area contributed by atoms with Crippen LogP contribution in [0.5, 0.6) is 5.88 Å². The summed E-state index contributed by atoms with van der Waals surface area (Å²) in [5, 5.41) is -0.447. The first-order valence-corrected chi connectivity index (χ1v) is 10.7. The van der Waals surface area contributed by atoms with Gasteiger partial charge in [0, 0.05) is 18.3 Å². The van der Waals surface area contributed by atoms with E-state index in [1.165, 1.54) is 7.11 Å². The molecule has 2 saturated heterocycles. The third kappa shape index (κ3) is 3.10. The van der Waals surface area contributed by atoms with Crippen LogP contribution in [0.15, 0.2) is 53.6 Å². The predicted octanol–water partition coefficient (Wildman–Crippen LogP) is 2.70. The molecular formula is C20H22N2O4S. The second-order valence-corrected chi connectivity index (χ2v) is 9.34. The number of ether oxygens (including phenoxy) is 1. The smallest absolute Gasteiger partial charge is 0.259 e. The average molecular weight is 386 g/mol. The zero-order chi connectivity index (χ0) is 19.0. The molecule has 1 aromatic carbocycles. The molecule has 0 N–H and O–H groups in total. The van der Waals surface area contributed by atoms with Gasteiger partial charge >= 0.3 is 0 Å². The van der Waals surface area contributed by atoms with Crippen molar-refractivity contribution < 1.29 is 17.9 Å². The van der Waals surface area contributed by atoms with Crippen molar-refractivity contribution in [1.82, 2.24) is 9.88 Å². The molecule has 2 atom stereocenters. The Morgan fingerprint density at radius 1 is 1.07 bits per heavy atom. The highest BCUT2D eigenvalue weighted by Crippen LogP contribution is 2.41. The highest BCUT2D eigenvalue weighted by Gasteiger charge is 2.47. The lowest BCUT2D eigenvalue weighted by atomic mass is 10.0. The Balaban J connectivity index is 1.59. The number of methoxy groups -OCH3 is 1. The molecule has 0 radical (unpaired) electrons. The second kappa shape index (κ2) is 6.96. The van der Waals surface area contributed by atoms with Crippen LogP contribution in [-0.2, 0) is 9.84 Å². The predicted molar refractivity (Wildman–Crippen MR) is 100 cm³/mol. The maximum absolute atomic E-state index is 13.1.